The highest BCUT2D eigenvalue weighted by Gasteiger charge is 2.55. The number of hydrogen-bond donors (Lipinski definition) is 2. The predicted octanol–water partition coefficient (Wildman–Crippen LogP) is 1.04. The number of amides is 1. The van der Waals surface area contributed by atoms with Crippen LogP contribution in [0.3, 0.4) is 0 Å². The highest BCUT2D eigenvalue weighted by atomic mass is 16.2. The van der Waals surface area contributed by atoms with Crippen LogP contribution in [0.25, 0.3) is 0 Å². The second-order valence-electron chi connectivity index (χ2n) is 4.85. The molecule has 3 nitrogen and oxygen atoms in total. The molecule has 1 unspecified atom stereocenters. The minimum atomic E-state index is -0.0611. The molecular formula is C11H20N2O. The lowest BCUT2D eigenvalue weighted by Gasteiger charge is -2.13. The molecule has 2 saturated carbocycles. The average Bonchev–Trinajstić information content (AvgIpc) is 2.62. The molecule has 0 aromatic carbocycles. The zero-order chi connectivity index (χ0) is 10.2. The van der Waals surface area contributed by atoms with Gasteiger partial charge in [0.25, 0.3) is 0 Å². The van der Waals surface area contributed by atoms with E-state index in [0.29, 0.717) is 11.5 Å². The minimum Gasteiger partial charge on any atom is -0.351 e. The van der Waals surface area contributed by atoms with Crippen LogP contribution in [0, 0.1) is 5.41 Å². The van der Waals surface area contributed by atoms with E-state index >= 15 is 0 Å². The molecule has 14 heavy (non-hydrogen) atoms. The number of nitrogens with one attached hydrogen (secondary N) is 2. The molecule has 0 heterocycles. The minimum absolute atomic E-state index is 0.0611. The molecule has 2 aliphatic carbocycles. The van der Waals surface area contributed by atoms with Gasteiger partial charge in [-0.05, 0) is 38.6 Å². The maximum atomic E-state index is 11.6. The summed E-state index contributed by atoms with van der Waals surface area (Å²) in [5.41, 5.74) is 0.517. The Balaban J connectivity index is 1.80. The van der Waals surface area contributed by atoms with Crippen LogP contribution in [0.2, 0.25) is 0 Å². The van der Waals surface area contributed by atoms with Gasteiger partial charge in [0.05, 0.1) is 6.04 Å². The van der Waals surface area contributed by atoms with Crippen molar-refractivity contribution in [3.05, 3.63) is 0 Å². The first kappa shape index (κ1) is 9.97. The Morgan fingerprint density at radius 1 is 1.43 bits per heavy atom. The number of carbonyl (C=O) groups is 1. The molecule has 2 atom stereocenters. The van der Waals surface area contributed by atoms with E-state index in [9.17, 15) is 4.79 Å². The van der Waals surface area contributed by atoms with Gasteiger partial charge in [0, 0.05) is 6.04 Å². The topological polar surface area (TPSA) is 41.1 Å². The van der Waals surface area contributed by atoms with Gasteiger partial charge in [0.15, 0.2) is 0 Å². The summed E-state index contributed by atoms with van der Waals surface area (Å²) in [6.45, 7) is 1.90. The Morgan fingerprint density at radius 2 is 2.07 bits per heavy atom. The number of rotatable bonds is 3. The Bertz CT molecular complexity index is 233. The van der Waals surface area contributed by atoms with E-state index in [1.807, 2.05) is 14.0 Å². The van der Waals surface area contributed by atoms with E-state index in [1.54, 1.807) is 0 Å². The average molecular weight is 196 g/mol. The molecule has 0 aliphatic heterocycles. The molecule has 2 N–H and O–H groups in total. The number of likely N-dealkylation sites (N-methyl/N-ethyl adjacent to an activating group) is 1. The first-order valence-corrected chi connectivity index (χ1v) is 5.66. The SMILES string of the molecule is CN[C@@H](C)C(=O)NC1CC12CCCC2. The molecule has 2 rings (SSSR count). The van der Waals surface area contributed by atoms with Crippen LogP contribution in [0.5, 0.6) is 0 Å². The van der Waals surface area contributed by atoms with Crippen LogP contribution in [-0.4, -0.2) is 25.0 Å². The summed E-state index contributed by atoms with van der Waals surface area (Å²) in [6, 6.07) is 0.419. The molecule has 1 amide bonds. The van der Waals surface area contributed by atoms with Crippen molar-refractivity contribution in [3.63, 3.8) is 0 Å². The van der Waals surface area contributed by atoms with E-state index < -0.39 is 0 Å². The van der Waals surface area contributed by atoms with Crippen molar-refractivity contribution in [2.75, 3.05) is 7.05 Å². The molecule has 0 aromatic rings. The summed E-state index contributed by atoms with van der Waals surface area (Å²) < 4.78 is 0. The quantitative estimate of drug-likeness (QED) is 0.708. The van der Waals surface area contributed by atoms with Crippen LogP contribution in [0.15, 0.2) is 0 Å². The van der Waals surface area contributed by atoms with Gasteiger partial charge in [0.2, 0.25) is 5.91 Å². The molecule has 1 spiro atoms. The van der Waals surface area contributed by atoms with E-state index in [-0.39, 0.29) is 11.9 Å². The molecule has 2 aliphatic rings. The lowest BCUT2D eigenvalue weighted by Crippen LogP contribution is -2.42. The fraction of sp³-hybridized carbons (Fsp3) is 0.909. The highest BCUT2D eigenvalue weighted by molar-refractivity contribution is 5.82. The van der Waals surface area contributed by atoms with Crippen LogP contribution in [-0.2, 0) is 4.79 Å². The van der Waals surface area contributed by atoms with Crippen molar-refractivity contribution in [1.82, 2.24) is 10.6 Å². The third-order valence-electron chi connectivity index (χ3n) is 3.93. The monoisotopic (exact) mass is 196 g/mol. The molecule has 80 valence electrons. The lowest BCUT2D eigenvalue weighted by atomic mass is 10.1. The van der Waals surface area contributed by atoms with Crippen molar-refractivity contribution in [2.24, 2.45) is 5.41 Å². The van der Waals surface area contributed by atoms with E-state index in [1.165, 1.54) is 32.1 Å². The number of carbonyl (C=O) groups excluding carboxylic acids is 1. The van der Waals surface area contributed by atoms with Gasteiger partial charge < -0.3 is 10.6 Å². The largest absolute Gasteiger partial charge is 0.351 e. The maximum Gasteiger partial charge on any atom is 0.237 e. The van der Waals surface area contributed by atoms with Gasteiger partial charge in [-0.25, -0.2) is 0 Å². The second-order valence-corrected chi connectivity index (χ2v) is 4.85. The summed E-state index contributed by atoms with van der Waals surface area (Å²) in [5.74, 6) is 0.154. The van der Waals surface area contributed by atoms with Crippen molar-refractivity contribution in [2.45, 2.75) is 51.1 Å². The van der Waals surface area contributed by atoms with Crippen LogP contribution in [0.1, 0.15) is 39.0 Å². The fourth-order valence-corrected chi connectivity index (χ4v) is 2.61. The van der Waals surface area contributed by atoms with Crippen LogP contribution < -0.4 is 10.6 Å². The molecule has 0 saturated heterocycles. The van der Waals surface area contributed by atoms with Crippen molar-refractivity contribution in [3.8, 4) is 0 Å². The molecule has 0 aromatic heterocycles. The third kappa shape index (κ3) is 1.65. The van der Waals surface area contributed by atoms with E-state index in [4.69, 9.17) is 0 Å². The molecule has 2 fully saturated rings. The first-order valence-electron chi connectivity index (χ1n) is 5.66. The molecule has 0 bridgehead atoms. The van der Waals surface area contributed by atoms with Gasteiger partial charge in [-0.15, -0.1) is 0 Å². The summed E-state index contributed by atoms with van der Waals surface area (Å²) in [4.78, 5) is 11.6. The van der Waals surface area contributed by atoms with Gasteiger partial charge in [-0.2, -0.15) is 0 Å². The lowest BCUT2D eigenvalue weighted by molar-refractivity contribution is -0.122. The smallest absolute Gasteiger partial charge is 0.237 e. The highest BCUT2D eigenvalue weighted by Crippen LogP contribution is 2.57. The normalized spacial score (nSPS) is 30.3. The first-order chi connectivity index (χ1) is 6.68. The Hall–Kier alpha value is -0.570. The zero-order valence-corrected chi connectivity index (χ0v) is 9.10. The summed E-state index contributed by atoms with van der Waals surface area (Å²) in [5, 5.41) is 6.10. The summed E-state index contributed by atoms with van der Waals surface area (Å²) >= 11 is 0. The van der Waals surface area contributed by atoms with Crippen molar-refractivity contribution < 1.29 is 4.79 Å². The van der Waals surface area contributed by atoms with Gasteiger partial charge in [-0.1, -0.05) is 12.8 Å². The number of hydrogen-bond acceptors (Lipinski definition) is 2. The standard InChI is InChI=1S/C11H20N2O/c1-8(12-2)10(14)13-9-7-11(9)5-3-4-6-11/h8-9,12H,3-7H2,1-2H3,(H,13,14)/t8-,9?/m0/s1. The van der Waals surface area contributed by atoms with Crippen molar-refractivity contribution in [1.29, 1.82) is 0 Å². The van der Waals surface area contributed by atoms with E-state index in [2.05, 4.69) is 10.6 Å². The Morgan fingerprint density at radius 3 is 2.64 bits per heavy atom. The fourth-order valence-electron chi connectivity index (χ4n) is 2.61. The van der Waals surface area contributed by atoms with Gasteiger partial charge >= 0.3 is 0 Å². The molecule has 0 radical (unpaired) electrons. The van der Waals surface area contributed by atoms with Crippen molar-refractivity contribution >= 4 is 5.91 Å². The van der Waals surface area contributed by atoms with Gasteiger partial charge in [-0.3, -0.25) is 4.79 Å². The van der Waals surface area contributed by atoms with Crippen LogP contribution >= 0.6 is 0 Å². The second kappa shape index (κ2) is 3.54. The maximum absolute atomic E-state index is 11.6. The molecule has 3 heteroatoms. The van der Waals surface area contributed by atoms with E-state index in [0.717, 1.165) is 0 Å². The summed E-state index contributed by atoms with van der Waals surface area (Å²) in [7, 11) is 1.82. The third-order valence-corrected chi connectivity index (χ3v) is 3.93. The Kier molecular flexibility index (Phi) is 2.52. The zero-order valence-electron chi connectivity index (χ0n) is 9.10. The van der Waals surface area contributed by atoms with Gasteiger partial charge in [0.1, 0.15) is 0 Å². The van der Waals surface area contributed by atoms with Crippen LogP contribution in [0.4, 0.5) is 0 Å². The summed E-state index contributed by atoms with van der Waals surface area (Å²) in [6.07, 6.45) is 6.58. The predicted molar refractivity (Wildman–Crippen MR) is 56.0 cm³/mol. The molecular weight excluding hydrogens is 176 g/mol. The Labute approximate surface area is 85.6 Å².